The lowest BCUT2D eigenvalue weighted by atomic mass is 9.49. The molecule has 0 aromatic carbocycles. The molecular weight excluding hydrogens is 180 g/mol. The van der Waals surface area contributed by atoms with Crippen molar-refractivity contribution in [2.75, 3.05) is 6.57 Å². The third-order valence-corrected chi connectivity index (χ3v) is 0.945. The van der Waals surface area contributed by atoms with E-state index in [4.69, 9.17) is 0 Å². The van der Waals surface area contributed by atoms with Crippen molar-refractivity contribution in [3.05, 3.63) is 0 Å². The fourth-order valence-corrected chi connectivity index (χ4v) is 0.361. The lowest BCUT2D eigenvalue weighted by molar-refractivity contribution is -0.106. The molecule has 0 radical (unpaired) electrons. The average molecular weight is 182 g/mol. The van der Waals surface area contributed by atoms with Gasteiger partial charge >= 0.3 is 18.9 Å². The predicted octanol–water partition coefficient (Wildman–Crippen LogP) is 2.19. The Morgan fingerprint density at radius 1 is 0.818 bits per heavy atom. The van der Waals surface area contributed by atoms with E-state index in [1.54, 1.807) is 0 Å². The summed E-state index contributed by atoms with van der Waals surface area (Å²) in [5.41, 5.74) is 0. The molecule has 0 N–H and O–H groups in total. The second-order valence-electron chi connectivity index (χ2n) is 1.79. The maximum absolute atomic E-state index is 11.3. The molecule has 0 heterocycles. The molecule has 0 saturated carbocycles. The summed E-state index contributed by atoms with van der Waals surface area (Å²) in [5.74, 6) is 0. The first-order valence-electron chi connectivity index (χ1n) is 2.39. The largest absolute Gasteiger partial charge is 0.433 e. The van der Waals surface area contributed by atoms with E-state index < -0.39 is 25.4 Å². The molecule has 66 valence electrons. The molecule has 0 aromatic rings. The summed E-state index contributed by atoms with van der Waals surface area (Å²) in [4.78, 5) is 0. The summed E-state index contributed by atoms with van der Waals surface area (Å²) in [6, 6.07) is 0. The lowest BCUT2D eigenvalue weighted by Gasteiger charge is -2.15. The van der Waals surface area contributed by atoms with Crippen LogP contribution in [0, 0.1) is 0 Å². The van der Waals surface area contributed by atoms with E-state index in [1.165, 1.54) is 0 Å². The summed E-state index contributed by atoms with van der Waals surface area (Å²) in [6.07, 6.45) is -11.1. The van der Waals surface area contributed by atoms with Gasteiger partial charge in [0.1, 0.15) is 0 Å². The summed E-state index contributed by atoms with van der Waals surface area (Å²) < 4.78 is 78.7. The molecule has 0 saturated heterocycles. The van der Waals surface area contributed by atoms with Gasteiger partial charge in [-0.15, -0.1) is 0 Å². The number of rotatable bonds is 1. The molecule has 11 heavy (non-hydrogen) atoms. The minimum absolute atomic E-state index is 2.47. The van der Waals surface area contributed by atoms with E-state index in [-0.39, 0.29) is 0 Å². The van der Waals surface area contributed by atoms with Gasteiger partial charge in [-0.05, 0) is 0 Å². The molecular formula is C3H2BF7. The Morgan fingerprint density at radius 3 is 1.09 bits per heavy atom. The zero-order valence-electron chi connectivity index (χ0n) is 4.93. The first-order valence-corrected chi connectivity index (χ1v) is 2.39. The van der Waals surface area contributed by atoms with Crippen LogP contribution in [0.4, 0.5) is 30.7 Å². The summed E-state index contributed by atoms with van der Waals surface area (Å²) in [5, 5.41) is 0. The maximum Gasteiger partial charge on any atom is 0.433 e. The minimum atomic E-state index is -5.55. The number of hydrogen-bond donors (Lipinski definition) is 0. The SMILES string of the molecule is FCB(C(F)(F)F)C(F)(F)F. The van der Waals surface area contributed by atoms with Crippen LogP contribution in [0.15, 0.2) is 0 Å². The Bertz CT molecular complexity index is 109. The summed E-state index contributed by atoms with van der Waals surface area (Å²) in [7, 11) is 0. The second kappa shape index (κ2) is 2.90. The van der Waals surface area contributed by atoms with Crippen LogP contribution in [0.1, 0.15) is 0 Å². The standard InChI is InChI=1S/C3H2BF7/c5-1-4(2(6,7)8)3(9,10)11/h1H2. The van der Waals surface area contributed by atoms with Gasteiger partial charge in [-0.3, -0.25) is 4.39 Å². The summed E-state index contributed by atoms with van der Waals surface area (Å²) >= 11 is 0. The molecule has 0 atom stereocenters. The van der Waals surface area contributed by atoms with Crippen molar-refractivity contribution in [2.24, 2.45) is 0 Å². The maximum atomic E-state index is 11.3. The molecule has 0 aliphatic carbocycles. The van der Waals surface area contributed by atoms with Crippen LogP contribution in [-0.2, 0) is 0 Å². The molecule has 0 bridgehead atoms. The van der Waals surface area contributed by atoms with Gasteiger partial charge in [0.2, 0.25) is 0 Å². The Labute approximate surface area is 57.5 Å². The summed E-state index contributed by atoms with van der Waals surface area (Å²) in [6.45, 7) is -6.32. The van der Waals surface area contributed by atoms with Crippen molar-refractivity contribution in [1.29, 1.82) is 0 Å². The van der Waals surface area contributed by atoms with Crippen LogP contribution >= 0.6 is 0 Å². The molecule has 0 aliphatic heterocycles. The Balaban J connectivity index is 4.43. The second-order valence-corrected chi connectivity index (χ2v) is 1.79. The topological polar surface area (TPSA) is 0 Å². The molecule has 0 aliphatic rings. The molecule has 0 nitrogen and oxygen atoms in total. The zero-order chi connectivity index (χ0) is 9.28. The zero-order valence-corrected chi connectivity index (χ0v) is 4.93. The van der Waals surface area contributed by atoms with Crippen LogP contribution < -0.4 is 0 Å². The van der Waals surface area contributed by atoms with Crippen LogP contribution in [0.3, 0.4) is 0 Å². The first-order chi connectivity index (χ1) is 4.69. The molecule has 0 fully saturated rings. The smallest absolute Gasteiger partial charge is 0.259 e. The highest BCUT2D eigenvalue weighted by Gasteiger charge is 2.61. The average Bonchev–Trinajstić information content (AvgIpc) is 1.56. The first kappa shape index (κ1) is 10.6. The van der Waals surface area contributed by atoms with Crippen molar-refractivity contribution in [3.8, 4) is 0 Å². The van der Waals surface area contributed by atoms with Gasteiger partial charge in [0, 0.05) is 0 Å². The monoisotopic (exact) mass is 182 g/mol. The van der Waals surface area contributed by atoms with Gasteiger partial charge in [-0.1, -0.05) is 0 Å². The van der Waals surface area contributed by atoms with Crippen molar-refractivity contribution in [1.82, 2.24) is 0 Å². The van der Waals surface area contributed by atoms with E-state index in [0.717, 1.165) is 0 Å². The molecule has 0 spiro atoms. The Morgan fingerprint density at radius 2 is 1.09 bits per heavy atom. The van der Waals surface area contributed by atoms with Gasteiger partial charge in [0.05, 0.1) is 6.57 Å². The van der Waals surface area contributed by atoms with E-state index in [9.17, 15) is 30.7 Å². The Hall–Kier alpha value is -0.425. The highest BCUT2D eigenvalue weighted by atomic mass is 19.4. The van der Waals surface area contributed by atoms with Crippen LogP contribution in [-0.4, -0.2) is 25.4 Å². The van der Waals surface area contributed by atoms with Crippen LogP contribution in [0.2, 0.25) is 0 Å². The highest BCUT2D eigenvalue weighted by molar-refractivity contribution is 6.62. The van der Waals surface area contributed by atoms with E-state index in [0.29, 0.717) is 0 Å². The fourth-order valence-electron chi connectivity index (χ4n) is 0.361. The minimum Gasteiger partial charge on any atom is -0.259 e. The normalized spacial score (nSPS) is 13.4. The van der Waals surface area contributed by atoms with Gasteiger partial charge in [-0.2, -0.15) is 26.3 Å². The third-order valence-electron chi connectivity index (χ3n) is 0.945. The van der Waals surface area contributed by atoms with Crippen molar-refractivity contribution < 1.29 is 30.7 Å². The van der Waals surface area contributed by atoms with Gasteiger partial charge < -0.3 is 0 Å². The third kappa shape index (κ3) is 2.98. The highest BCUT2D eigenvalue weighted by Crippen LogP contribution is 2.31. The van der Waals surface area contributed by atoms with E-state index in [2.05, 4.69) is 0 Å². The van der Waals surface area contributed by atoms with Gasteiger partial charge in [0.15, 0.2) is 0 Å². The number of halogens is 7. The number of hydrogen-bond acceptors (Lipinski definition) is 0. The van der Waals surface area contributed by atoms with E-state index in [1.807, 2.05) is 0 Å². The van der Waals surface area contributed by atoms with Gasteiger partial charge in [-0.25, -0.2) is 0 Å². The fraction of sp³-hybridized carbons (Fsp3) is 1.00. The van der Waals surface area contributed by atoms with Crippen LogP contribution in [0.25, 0.3) is 0 Å². The van der Waals surface area contributed by atoms with Crippen LogP contribution in [0.5, 0.6) is 0 Å². The molecule has 0 unspecified atom stereocenters. The molecule has 0 amide bonds. The van der Waals surface area contributed by atoms with Crippen molar-refractivity contribution in [2.45, 2.75) is 12.2 Å². The molecule has 0 aromatic heterocycles. The van der Waals surface area contributed by atoms with Crippen molar-refractivity contribution >= 4 is 6.71 Å². The lowest BCUT2D eigenvalue weighted by Crippen LogP contribution is -2.49. The number of alkyl halides is 7. The van der Waals surface area contributed by atoms with Crippen molar-refractivity contribution in [3.63, 3.8) is 0 Å². The molecule has 0 rings (SSSR count). The predicted molar refractivity (Wildman–Crippen MR) is 23.8 cm³/mol. The van der Waals surface area contributed by atoms with E-state index >= 15 is 0 Å². The quantitative estimate of drug-likeness (QED) is 0.430. The Kier molecular flexibility index (Phi) is 2.79. The molecule has 8 heteroatoms. The van der Waals surface area contributed by atoms with Gasteiger partial charge in [0.25, 0.3) is 0 Å².